The molecular formula is C17H22N4O2S2. The van der Waals surface area contributed by atoms with Crippen molar-refractivity contribution in [3.05, 3.63) is 29.3 Å². The van der Waals surface area contributed by atoms with Gasteiger partial charge in [-0.25, -0.2) is 0 Å². The van der Waals surface area contributed by atoms with E-state index in [1.165, 1.54) is 23.1 Å². The third kappa shape index (κ3) is 6.47. The molecule has 2 N–H and O–H groups in total. The first-order valence-corrected chi connectivity index (χ1v) is 9.85. The second-order valence-corrected chi connectivity index (χ2v) is 8.15. The van der Waals surface area contributed by atoms with E-state index in [0.29, 0.717) is 11.6 Å². The Labute approximate surface area is 155 Å². The number of unbranched alkanes of at least 4 members (excludes halogenated alkanes) is 1. The maximum absolute atomic E-state index is 12.2. The molecule has 1 aromatic heterocycles. The Morgan fingerprint density at radius 1 is 1.28 bits per heavy atom. The molecule has 0 aliphatic carbocycles. The van der Waals surface area contributed by atoms with Crippen LogP contribution in [0.5, 0.6) is 0 Å². The number of hydrogen-bond donors (Lipinski definition) is 2. The third-order valence-corrected chi connectivity index (χ3v) is 5.16. The first-order chi connectivity index (χ1) is 12.0. The Morgan fingerprint density at radius 3 is 2.76 bits per heavy atom. The Morgan fingerprint density at radius 2 is 2.08 bits per heavy atom. The highest BCUT2D eigenvalue weighted by molar-refractivity contribution is 8.00. The molecule has 1 unspecified atom stereocenters. The van der Waals surface area contributed by atoms with Gasteiger partial charge in [-0.1, -0.05) is 30.7 Å². The molecule has 0 saturated carbocycles. The minimum Gasteiger partial charge on any atom is -0.326 e. The molecular weight excluding hydrogens is 356 g/mol. The van der Waals surface area contributed by atoms with Gasteiger partial charge < -0.3 is 5.32 Å². The van der Waals surface area contributed by atoms with Crippen LogP contribution in [0.15, 0.2) is 29.2 Å². The highest BCUT2D eigenvalue weighted by Gasteiger charge is 2.16. The van der Waals surface area contributed by atoms with Crippen molar-refractivity contribution in [2.45, 2.75) is 50.2 Å². The Balaban J connectivity index is 1.91. The normalized spacial score (nSPS) is 11.8. The number of carbonyl (C=O) groups is 2. The van der Waals surface area contributed by atoms with Gasteiger partial charge in [0.15, 0.2) is 0 Å². The molecule has 2 aromatic rings. The smallest absolute Gasteiger partial charge is 0.239 e. The molecule has 134 valence electrons. The number of carbonyl (C=O) groups excluding carboxylic acids is 2. The van der Waals surface area contributed by atoms with Crippen molar-refractivity contribution in [1.29, 1.82) is 0 Å². The molecule has 0 radical (unpaired) electrons. The van der Waals surface area contributed by atoms with E-state index in [4.69, 9.17) is 0 Å². The van der Waals surface area contributed by atoms with E-state index in [1.54, 1.807) is 0 Å². The summed E-state index contributed by atoms with van der Waals surface area (Å²) in [6.07, 6.45) is 2.39. The van der Waals surface area contributed by atoms with Crippen molar-refractivity contribution < 1.29 is 9.59 Å². The van der Waals surface area contributed by atoms with Crippen LogP contribution in [0.25, 0.3) is 0 Å². The van der Waals surface area contributed by atoms with Gasteiger partial charge in [0.2, 0.25) is 16.9 Å². The quantitative estimate of drug-likeness (QED) is 0.676. The van der Waals surface area contributed by atoms with Crippen LogP contribution in [-0.2, 0) is 9.59 Å². The predicted molar refractivity (Wildman–Crippen MR) is 103 cm³/mol. The molecule has 1 atom stereocenters. The zero-order valence-corrected chi connectivity index (χ0v) is 16.2. The van der Waals surface area contributed by atoms with Gasteiger partial charge in [0.1, 0.15) is 5.01 Å². The maximum atomic E-state index is 12.2. The zero-order chi connectivity index (χ0) is 18.2. The van der Waals surface area contributed by atoms with E-state index in [9.17, 15) is 9.59 Å². The zero-order valence-electron chi connectivity index (χ0n) is 14.5. The Hall–Kier alpha value is -1.93. The van der Waals surface area contributed by atoms with Crippen molar-refractivity contribution in [3.8, 4) is 0 Å². The average molecular weight is 379 g/mol. The van der Waals surface area contributed by atoms with Gasteiger partial charge in [-0.05, 0) is 38.5 Å². The summed E-state index contributed by atoms with van der Waals surface area (Å²) in [6, 6.07) is 7.53. The van der Waals surface area contributed by atoms with Crippen LogP contribution >= 0.6 is 23.1 Å². The van der Waals surface area contributed by atoms with E-state index >= 15 is 0 Å². The lowest BCUT2D eigenvalue weighted by Crippen LogP contribution is -2.22. The van der Waals surface area contributed by atoms with Gasteiger partial charge in [0, 0.05) is 17.0 Å². The first kappa shape index (κ1) is 19.4. The number of nitrogens with zero attached hydrogens (tertiary/aromatic N) is 2. The number of benzene rings is 1. The molecule has 0 saturated heterocycles. The fourth-order valence-electron chi connectivity index (χ4n) is 2.02. The standard InChI is InChI=1S/C17H22N4O2S2/c1-4-5-9-15(22)18-13-7-6-8-14(10-13)24-11(2)16(23)19-17-21-20-12(3)25-17/h6-8,10-11H,4-5,9H2,1-3H3,(H,18,22)(H,19,21,23). The SMILES string of the molecule is CCCCC(=O)Nc1cccc(SC(C)C(=O)Nc2nnc(C)s2)c1. The van der Waals surface area contributed by atoms with Crippen molar-refractivity contribution in [2.75, 3.05) is 10.6 Å². The average Bonchev–Trinajstić information content (AvgIpc) is 2.98. The van der Waals surface area contributed by atoms with Gasteiger partial charge >= 0.3 is 0 Å². The summed E-state index contributed by atoms with van der Waals surface area (Å²) in [7, 11) is 0. The highest BCUT2D eigenvalue weighted by atomic mass is 32.2. The lowest BCUT2D eigenvalue weighted by Gasteiger charge is -2.11. The number of amides is 2. The fraction of sp³-hybridized carbons (Fsp3) is 0.412. The number of rotatable bonds is 8. The third-order valence-electron chi connectivity index (χ3n) is 3.31. The molecule has 0 spiro atoms. The topological polar surface area (TPSA) is 84.0 Å². The summed E-state index contributed by atoms with van der Waals surface area (Å²) < 4.78 is 0. The number of anilines is 2. The van der Waals surface area contributed by atoms with Crippen LogP contribution in [0.1, 0.15) is 38.1 Å². The second-order valence-electron chi connectivity index (χ2n) is 5.56. The highest BCUT2D eigenvalue weighted by Crippen LogP contribution is 2.27. The van der Waals surface area contributed by atoms with Crippen LogP contribution in [0.3, 0.4) is 0 Å². The number of nitrogens with one attached hydrogen (secondary N) is 2. The Bertz CT molecular complexity index is 733. The van der Waals surface area contributed by atoms with Crippen LogP contribution in [0, 0.1) is 6.92 Å². The van der Waals surface area contributed by atoms with E-state index in [-0.39, 0.29) is 17.1 Å². The molecule has 0 aliphatic rings. The molecule has 8 heteroatoms. The van der Waals surface area contributed by atoms with Crippen LogP contribution in [0.4, 0.5) is 10.8 Å². The van der Waals surface area contributed by atoms with Gasteiger partial charge in [-0.2, -0.15) is 0 Å². The van der Waals surface area contributed by atoms with Crippen LogP contribution < -0.4 is 10.6 Å². The first-order valence-electron chi connectivity index (χ1n) is 8.15. The van der Waals surface area contributed by atoms with E-state index in [2.05, 4.69) is 27.8 Å². The van der Waals surface area contributed by atoms with Crippen molar-refractivity contribution in [3.63, 3.8) is 0 Å². The Kier molecular flexibility index (Phi) is 7.39. The van der Waals surface area contributed by atoms with Crippen LogP contribution in [-0.4, -0.2) is 27.3 Å². The van der Waals surface area contributed by atoms with Gasteiger partial charge in [-0.15, -0.1) is 22.0 Å². The van der Waals surface area contributed by atoms with Gasteiger partial charge in [0.25, 0.3) is 0 Å². The lowest BCUT2D eigenvalue weighted by molar-refractivity contribution is -0.116. The molecule has 0 bridgehead atoms. The van der Waals surface area contributed by atoms with Gasteiger partial charge in [0.05, 0.1) is 5.25 Å². The number of aromatic nitrogens is 2. The largest absolute Gasteiger partial charge is 0.326 e. The number of hydrogen-bond acceptors (Lipinski definition) is 6. The molecule has 0 aliphatic heterocycles. The minimum atomic E-state index is -0.296. The molecule has 1 aromatic carbocycles. The van der Waals surface area contributed by atoms with Crippen molar-refractivity contribution >= 4 is 45.7 Å². The van der Waals surface area contributed by atoms with E-state index < -0.39 is 0 Å². The predicted octanol–water partition coefficient (Wildman–Crippen LogP) is 4.09. The lowest BCUT2D eigenvalue weighted by atomic mass is 10.2. The van der Waals surface area contributed by atoms with E-state index in [0.717, 1.165) is 28.4 Å². The molecule has 2 rings (SSSR count). The summed E-state index contributed by atoms with van der Waals surface area (Å²) in [4.78, 5) is 25.0. The molecule has 0 fully saturated rings. The van der Waals surface area contributed by atoms with Crippen molar-refractivity contribution in [2.24, 2.45) is 0 Å². The van der Waals surface area contributed by atoms with Crippen LogP contribution in [0.2, 0.25) is 0 Å². The number of aryl methyl sites for hydroxylation is 1. The fourth-order valence-corrected chi connectivity index (χ4v) is 3.54. The summed E-state index contributed by atoms with van der Waals surface area (Å²) in [5.74, 6) is -0.111. The summed E-state index contributed by atoms with van der Waals surface area (Å²) in [6.45, 7) is 5.73. The summed E-state index contributed by atoms with van der Waals surface area (Å²) >= 11 is 2.77. The van der Waals surface area contributed by atoms with E-state index in [1.807, 2.05) is 38.1 Å². The molecule has 6 nitrogen and oxygen atoms in total. The monoisotopic (exact) mass is 378 g/mol. The molecule has 25 heavy (non-hydrogen) atoms. The summed E-state index contributed by atoms with van der Waals surface area (Å²) in [5, 5.41) is 14.5. The maximum Gasteiger partial charge on any atom is 0.239 e. The van der Waals surface area contributed by atoms with Crippen molar-refractivity contribution in [1.82, 2.24) is 10.2 Å². The second kappa shape index (κ2) is 9.53. The number of thioether (sulfide) groups is 1. The minimum absolute atomic E-state index is 0.0152. The summed E-state index contributed by atoms with van der Waals surface area (Å²) in [5.41, 5.74) is 0.749. The van der Waals surface area contributed by atoms with Gasteiger partial charge in [-0.3, -0.25) is 14.9 Å². The molecule has 2 amide bonds. The molecule has 1 heterocycles.